The predicted octanol–water partition coefficient (Wildman–Crippen LogP) is 2.96. The minimum atomic E-state index is -0.481. The van der Waals surface area contributed by atoms with E-state index in [0.29, 0.717) is 11.3 Å². The zero-order chi connectivity index (χ0) is 13.8. The molecule has 1 aromatic carbocycles. The van der Waals surface area contributed by atoms with Gasteiger partial charge in [-0.25, -0.2) is 0 Å². The van der Waals surface area contributed by atoms with Crippen molar-refractivity contribution < 1.29 is 9.53 Å². The zero-order valence-electron chi connectivity index (χ0n) is 10.3. The van der Waals surface area contributed by atoms with Gasteiger partial charge in [0.25, 0.3) is 0 Å². The van der Waals surface area contributed by atoms with Crippen molar-refractivity contribution in [1.29, 1.82) is 0 Å². The van der Waals surface area contributed by atoms with Crippen LogP contribution in [0.25, 0.3) is 0 Å². The van der Waals surface area contributed by atoms with Gasteiger partial charge in [-0.2, -0.15) is 0 Å². The summed E-state index contributed by atoms with van der Waals surface area (Å²) in [6.07, 6.45) is 1.72. The number of aromatic nitrogens is 1. The summed E-state index contributed by atoms with van der Waals surface area (Å²) < 4.78 is 5.69. The SMILES string of the molecule is Cc1ccnc(C(Br)Oc2cccc(C(N)=O)c2)c1. The van der Waals surface area contributed by atoms with E-state index in [1.165, 1.54) is 0 Å². The summed E-state index contributed by atoms with van der Waals surface area (Å²) in [6.45, 7) is 1.98. The normalized spacial score (nSPS) is 11.9. The van der Waals surface area contributed by atoms with Crippen LogP contribution >= 0.6 is 15.9 Å². The first-order valence-electron chi connectivity index (χ1n) is 5.69. The first-order valence-corrected chi connectivity index (χ1v) is 6.61. The van der Waals surface area contributed by atoms with E-state index in [9.17, 15) is 4.79 Å². The number of aryl methyl sites for hydroxylation is 1. The van der Waals surface area contributed by atoms with Crippen molar-refractivity contribution in [3.63, 3.8) is 0 Å². The third-order valence-electron chi connectivity index (χ3n) is 2.53. The van der Waals surface area contributed by atoms with E-state index in [1.54, 1.807) is 30.5 Å². The minimum Gasteiger partial charge on any atom is -0.473 e. The second-order valence-electron chi connectivity index (χ2n) is 4.08. The first-order chi connectivity index (χ1) is 9.06. The van der Waals surface area contributed by atoms with Gasteiger partial charge in [0.2, 0.25) is 5.91 Å². The number of ether oxygens (including phenoxy) is 1. The Hall–Kier alpha value is -1.88. The molecule has 1 heterocycles. The number of amides is 1. The van der Waals surface area contributed by atoms with Gasteiger partial charge in [0, 0.05) is 11.8 Å². The second kappa shape index (κ2) is 5.84. The molecule has 0 saturated carbocycles. The number of halogens is 1. The fourth-order valence-corrected chi connectivity index (χ4v) is 2.05. The van der Waals surface area contributed by atoms with E-state index in [0.717, 1.165) is 11.3 Å². The Bertz CT molecular complexity index is 602. The maximum atomic E-state index is 11.1. The van der Waals surface area contributed by atoms with E-state index in [-0.39, 0.29) is 5.01 Å². The van der Waals surface area contributed by atoms with Crippen molar-refractivity contribution in [3.05, 3.63) is 59.4 Å². The third kappa shape index (κ3) is 3.54. The summed E-state index contributed by atoms with van der Waals surface area (Å²) in [5.41, 5.74) is 7.51. The van der Waals surface area contributed by atoms with Gasteiger partial charge < -0.3 is 10.5 Å². The molecule has 0 aliphatic rings. The highest BCUT2D eigenvalue weighted by molar-refractivity contribution is 9.09. The summed E-state index contributed by atoms with van der Waals surface area (Å²) in [6, 6.07) is 10.6. The lowest BCUT2D eigenvalue weighted by molar-refractivity contribution is 0.1000. The Morgan fingerprint density at radius 1 is 1.37 bits per heavy atom. The molecule has 5 heteroatoms. The molecule has 1 unspecified atom stereocenters. The van der Waals surface area contributed by atoms with E-state index in [1.807, 2.05) is 19.1 Å². The van der Waals surface area contributed by atoms with Crippen LogP contribution in [0.3, 0.4) is 0 Å². The summed E-state index contributed by atoms with van der Waals surface area (Å²) >= 11 is 3.42. The number of nitrogens with two attached hydrogens (primary N) is 1. The van der Waals surface area contributed by atoms with Gasteiger partial charge >= 0.3 is 0 Å². The Morgan fingerprint density at radius 2 is 2.16 bits per heavy atom. The molecular weight excluding hydrogens is 308 g/mol. The minimum absolute atomic E-state index is 0.379. The van der Waals surface area contributed by atoms with Crippen molar-refractivity contribution in [3.8, 4) is 5.75 Å². The Labute approximate surface area is 119 Å². The summed E-state index contributed by atoms with van der Waals surface area (Å²) in [4.78, 5) is 15.3. The van der Waals surface area contributed by atoms with Crippen LogP contribution in [-0.4, -0.2) is 10.9 Å². The molecule has 0 spiro atoms. The van der Waals surface area contributed by atoms with Crippen LogP contribution in [0.5, 0.6) is 5.75 Å². The molecule has 2 N–H and O–H groups in total. The fourth-order valence-electron chi connectivity index (χ4n) is 1.59. The molecule has 1 aromatic heterocycles. The highest BCUT2D eigenvalue weighted by Crippen LogP contribution is 2.26. The monoisotopic (exact) mass is 320 g/mol. The molecule has 0 fully saturated rings. The molecule has 0 saturated heterocycles. The molecule has 1 atom stereocenters. The highest BCUT2D eigenvalue weighted by atomic mass is 79.9. The van der Waals surface area contributed by atoms with Gasteiger partial charge in [-0.1, -0.05) is 6.07 Å². The summed E-state index contributed by atoms with van der Waals surface area (Å²) in [5, 5.41) is -0.379. The number of hydrogen-bond donors (Lipinski definition) is 1. The maximum Gasteiger partial charge on any atom is 0.248 e. The zero-order valence-corrected chi connectivity index (χ0v) is 11.9. The largest absolute Gasteiger partial charge is 0.473 e. The quantitative estimate of drug-likeness (QED) is 0.881. The predicted molar refractivity (Wildman–Crippen MR) is 76.2 cm³/mol. The van der Waals surface area contributed by atoms with Gasteiger partial charge in [0.15, 0.2) is 5.01 Å². The highest BCUT2D eigenvalue weighted by Gasteiger charge is 2.11. The molecule has 98 valence electrons. The molecule has 0 bridgehead atoms. The van der Waals surface area contributed by atoms with E-state index in [2.05, 4.69) is 20.9 Å². The molecule has 0 radical (unpaired) electrons. The lowest BCUT2D eigenvalue weighted by Gasteiger charge is -2.13. The van der Waals surface area contributed by atoms with Crippen LogP contribution in [0.15, 0.2) is 42.6 Å². The molecule has 2 rings (SSSR count). The first kappa shape index (κ1) is 13.5. The lowest BCUT2D eigenvalue weighted by Crippen LogP contribution is -2.11. The van der Waals surface area contributed by atoms with Gasteiger partial charge in [0.05, 0.1) is 5.69 Å². The topological polar surface area (TPSA) is 65.2 Å². The van der Waals surface area contributed by atoms with Gasteiger partial charge in [0.1, 0.15) is 5.75 Å². The molecule has 0 aliphatic heterocycles. The lowest BCUT2D eigenvalue weighted by atomic mass is 10.2. The van der Waals surface area contributed by atoms with E-state index >= 15 is 0 Å². The Kier molecular flexibility index (Phi) is 4.16. The molecular formula is C14H13BrN2O2. The summed E-state index contributed by atoms with van der Waals surface area (Å²) in [5.74, 6) is 0.0757. The van der Waals surface area contributed by atoms with Crippen LogP contribution < -0.4 is 10.5 Å². The number of carbonyl (C=O) groups is 1. The number of rotatable bonds is 4. The number of alkyl halides is 1. The van der Waals surface area contributed by atoms with Gasteiger partial charge in [-0.15, -0.1) is 0 Å². The second-order valence-corrected chi connectivity index (χ2v) is 4.92. The average Bonchev–Trinajstić information content (AvgIpc) is 2.39. The van der Waals surface area contributed by atoms with Crippen molar-refractivity contribution >= 4 is 21.8 Å². The fraction of sp³-hybridized carbons (Fsp3) is 0.143. The van der Waals surface area contributed by atoms with Crippen LogP contribution in [0, 0.1) is 6.92 Å². The Morgan fingerprint density at radius 3 is 2.84 bits per heavy atom. The molecule has 1 amide bonds. The van der Waals surface area contributed by atoms with Gasteiger partial charge in [-0.05, 0) is 58.7 Å². The van der Waals surface area contributed by atoms with Gasteiger partial charge in [-0.3, -0.25) is 9.78 Å². The van der Waals surface area contributed by atoms with E-state index < -0.39 is 5.91 Å². The maximum absolute atomic E-state index is 11.1. The standard InChI is InChI=1S/C14H13BrN2O2/c1-9-5-6-17-12(7-9)13(15)19-11-4-2-3-10(8-11)14(16)18/h2-8,13H,1H3,(H2,16,18). The molecule has 2 aromatic rings. The molecule has 19 heavy (non-hydrogen) atoms. The molecule has 0 aliphatic carbocycles. The summed E-state index contributed by atoms with van der Waals surface area (Å²) in [7, 11) is 0. The third-order valence-corrected chi connectivity index (χ3v) is 3.18. The van der Waals surface area contributed by atoms with Crippen molar-refractivity contribution in [2.75, 3.05) is 0 Å². The smallest absolute Gasteiger partial charge is 0.248 e. The van der Waals surface area contributed by atoms with Crippen molar-refractivity contribution in [2.24, 2.45) is 5.73 Å². The van der Waals surface area contributed by atoms with Crippen molar-refractivity contribution in [1.82, 2.24) is 4.98 Å². The number of nitrogens with zero attached hydrogens (tertiary/aromatic N) is 1. The van der Waals surface area contributed by atoms with Crippen LogP contribution in [0.4, 0.5) is 0 Å². The number of benzene rings is 1. The number of pyridine rings is 1. The van der Waals surface area contributed by atoms with Crippen LogP contribution in [0.2, 0.25) is 0 Å². The van der Waals surface area contributed by atoms with Crippen LogP contribution in [-0.2, 0) is 0 Å². The molecule has 4 nitrogen and oxygen atoms in total. The Balaban J connectivity index is 2.17. The van der Waals surface area contributed by atoms with Crippen molar-refractivity contribution in [2.45, 2.75) is 11.9 Å². The average molecular weight is 321 g/mol. The number of carbonyl (C=O) groups excluding carboxylic acids is 1. The number of hydrogen-bond acceptors (Lipinski definition) is 3. The number of primary amides is 1. The van der Waals surface area contributed by atoms with Crippen LogP contribution in [0.1, 0.15) is 26.6 Å². The van der Waals surface area contributed by atoms with E-state index in [4.69, 9.17) is 10.5 Å².